The lowest BCUT2D eigenvalue weighted by atomic mass is 9.82. The van der Waals surface area contributed by atoms with Crippen molar-refractivity contribution in [1.82, 2.24) is 4.90 Å². The first-order valence-electron chi connectivity index (χ1n) is 8.17. The molecule has 116 valence electrons. The minimum atomic E-state index is -0.672. The Labute approximate surface area is 126 Å². The molecule has 1 aromatic heterocycles. The molecule has 0 aromatic carbocycles. The molecule has 3 rings (SSSR count). The van der Waals surface area contributed by atoms with Crippen LogP contribution in [0.3, 0.4) is 0 Å². The van der Waals surface area contributed by atoms with Crippen LogP contribution in [-0.2, 0) is 11.2 Å². The number of rotatable bonds is 4. The Hall–Kier alpha value is -1.29. The first-order chi connectivity index (χ1) is 10.1. The van der Waals surface area contributed by atoms with Gasteiger partial charge in [0.15, 0.2) is 0 Å². The molecule has 3 atom stereocenters. The molecule has 2 heterocycles. The fourth-order valence-corrected chi connectivity index (χ4v) is 4.07. The van der Waals surface area contributed by atoms with Crippen LogP contribution >= 0.6 is 0 Å². The Morgan fingerprint density at radius 3 is 3.14 bits per heavy atom. The maximum Gasteiger partial charge on any atom is 0.303 e. The number of likely N-dealkylation sites (tertiary alicyclic amines) is 1. The van der Waals surface area contributed by atoms with Crippen LogP contribution in [0, 0.1) is 11.8 Å². The number of hydrogen-bond acceptors (Lipinski definition) is 3. The van der Waals surface area contributed by atoms with Crippen molar-refractivity contribution in [2.24, 2.45) is 11.8 Å². The molecule has 1 N–H and O–H groups in total. The van der Waals surface area contributed by atoms with E-state index in [2.05, 4.69) is 17.9 Å². The van der Waals surface area contributed by atoms with Crippen molar-refractivity contribution in [1.29, 1.82) is 0 Å². The zero-order chi connectivity index (χ0) is 14.8. The topological polar surface area (TPSA) is 53.7 Å². The van der Waals surface area contributed by atoms with Gasteiger partial charge >= 0.3 is 5.97 Å². The maximum absolute atomic E-state index is 10.9. The smallest absolute Gasteiger partial charge is 0.303 e. The van der Waals surface area contributed by atoms with Crippen molar-refractivity contribution in [3.8, 4) is 0 Å². The summed E-state index contributed by atoms with van der Waals surface area (Å²) in [6, 6.07) is 2.61. The van der Waals surface area contributed by atoms with E-state index in [4.69, 9.17) is 9.52 Å². The summed E-state index contributed by atoms with van der Waals surface area (Å²) in [6.45, 7) is 4.25. The summed E-state index contributed by atoms with van der Waals surface area (Å²) >= 11 is 0. The second-order valence-corrected chi connectivity index (χ2v) is 6.68. The van der Waals surface area contributed by atoms with Crippen LogP contribution < -0.4 is 0 Å². The fraction of sp³-hybridized carbons (Fsp3) is 0.706. The fourth-order valence-electron chi connectivity index (χ4n) is 4.07. The van der Waals surface area contributed by atoms with E-state index in [1.165, 1.54) is 24.8 Å². The molecule has 1 fully saturated rings. The molecule has 0 spiro atoms. The summed E-state index contributed by atoms with van der Waals surface area (Å²) in [5.41, 5.74) is 1.37. The summed E-state index contributed by atoms with van der Waals surface area (Å²) in [5.74, 6) is 1.26. The van der Waals surface area contributed by atoms with Crippen LogP contribution in [-0.4, -0.2) is 29.1 Å². The molecule has 3 unspecified atom stereocenters. The van der Waals surface area contributed by atoms with Gasteiger partial charge in [-0.15, -0.1) is 0 Å². The largest absolute Gasteiger partial charge is 0.481 e. The summed E-state index contributed by atoms with van der Waals surface area (Å²) in [5, 5.41) is 9.01. The van der Waals surface area contributed by atoms with Crippen molar-refractivity contribution < 1.29 is 14.3 Å². The highest BCUT2D eigenvalue weighted by Crippen LogP contribution is 2.38. The number of aliphatic carboxylic acids is 1. The second-order valence-electron chi connectivity index (χ2n) is 6.68. The summed E-state index contributed by atoms with van der Waals surface area (Å²) in [4.78, 5) is 13.5. The highest BCUT2D eigenvalue weighted by Gasteiger charge is 2.33. The van der Waals surface area contributed by atoms with Crippen molar-refractivity contribution in [2.75, 3.05) is 13.1 Å². The average Bonchev–Trinajstić information content (AvgIpc) is 2.95. The van der Waals surface area contributed by atoms with Gasteiger partial charge < -0.3 is 9.52 Å². The van der Waals surface area contributed by atoms with E-state index in [0.717, 1.165) is 31.7 Å². The summed E-state index contributed by atoms with van der Waals surface area (Å²) < 4.78 is 5.60. The Morgan fingerprint density at radius 2 is 2.33 bits per heavy atom. The number of fused-ring (bicyclic) bond motifs is 1. The van der Waals surface area contributed by atoms with Crippen LogP contribution in [0.25, 0.3) is 0 Å². The summed E-state index contributed by atoms with van der Waals surface area (Å²) in [7, 11) is 0. The van der Waals surface area contributed by atoms with Crippen molar-refractivity contribution >= 4 is 5.97 Å². The van der Waals surface area contributed by atoms with E-state index >= 15 is 0 Å². The van der Waals surface area contributed by atoms with Crippen LogP contribution in [0.5, 0.6) is 0 Å². The van der Waals surface area contributed by atoms with E-state index in [9.17, 15) is 4.79 Å². The molecule has 0 amide bonds. The van der Waals surface area contributed by atoms with Crippen molar-refractivity contribution in [3.63, 3.8) is 0 Å². The second kappa shape index (κ2) is 6.22. The molecule has 1 saturated heterocycles. The van der Waals surface area contributed by atoms with Gasteiger partial charge in [-0.25, -0.2) is 0 Å². The zero-order valence-corrected chi connectivity index (χ0v) is 12.8. The Kier molecular flexibility index (Phi) is 4.34. The Balaban J connectivity index is 1.68. The van der Waals surface area contributed by atoms with E-state index in [0.29, 0.717) is 18.4 Å². The third-order valence-corrected chi connectivity index (χ3v) is 5.25. The number of piperidine rings is 1. The van der Waals surface area contributed by atoms with Crippen LogP contribution in [0.2, 0.25) is 0 Å². The van der Waals surface area contributed by atoms with E-state index in [1.54, 1.807) is 0 Å². The van der Waals surface area contributed by atoms with Crippen LogP contribution in [0.1, 0.15) is 56.4 Å². The quantitative estimate of drug-likeness (QED) is 0.922. The molecule has 0 saturated carbocycles. The number of hydrogen-bond donors (Lipinski definition) is 1. The van der Waals surface area contributed by atoms with Gasteiger partial charge in [0.25, 0.3) is 0 Å². The van der Waals surface area contributed by atoms with Crippen LogP contribution in [0.15, 0.2) is 16.7 Å². The highest BCUT2D eigenvalue weighted by atomic mass is 16.4. The molecule has 4 heteroatoms. The van der Waals surface area contributed by atoms with Crippen LogP contribution in [0.4, 0.5) is 0 Å². The van der Waals surface area contributed by atoms with Crippen molar-refractivity contribution in [3.05, 3.63) is 23.7 Å². The van der Waals surface area contributed by atoms with Gasteiger partial charge in [0.1, 0.15) is 5.76 Å². The number of carboxylic acid groups (broad SMARTS) is 1. The van der Waals surface area contributed by atoms with Gasteiger partial charge in [-0.1, -0.05) is 6.92 Å². The minimum absolute atomic E-state index is 0.262. The lowest BCUT2D eigenvalue weighted by Crippen LogP contribution is -2.41. The van der Waals surface area contributed by atoms with E-state index in [-0.39, 0.29) is 5.92 Å². The highest BCUT2D eigenvalue weighted by molar-refractivity contribution is 5.67. The number of aryl methyl sites for hydroxylation is 1. The molecule has 1 aliphatic heterocycles. The zero-order valence-electron chi connectivity index (χ0n) is 12.8. The lowest BCUT2D eigenvalue weighted by Gasteiger charge is -2.41. The third kappa shape index (κ3) is 3.15. The maximum atomic E-state index is 10.9. The SMILES string of the molecule is CC(CC(=O)O)C1CCCN(C2CCCc3occc32)C1. The summed E-state index contributed by atoms with van der Waals surface area (Å²) in [6.07, 6.45) is 7.90. The molecule has 21 heavy (non-hydrogen) atoms. The molecular weight excluding hydrogens is 266 g/mol. The Morgan fingerprint density at radius 1 is 1.48 bits per heavy atom. The predicted molar refractivity (Wildman–Crippen MR) is 80.1 cm³/mol. The number of furan rings is 1. The van der Waals surface area contributed by atoms with Gasteiger partial charge in [0, 0.05) is 31.0 Å². The minimum Gasteiger partial charge on any atom is -0.481 e. The van der Waals surface area contributed by atoms with Gasteiger partial charge in [-0.3, -0.25) is 9.69 Å². The monoisotopic (exact) mass is 291 g/mol. The molecule has 1 aromatic rings. The van der Waals surface area contributed by atoms with E-state index in [1.807, 2.05) is 6.26 Å². The number of carbonyl (C=O) groups is 1. The van der Waals surface area contributed by atoms with Gasteiger partial charge in [0.2, 0.25) is 0 Å². The first kappa shape index (κ1) is 14.6. The normalized spacial score (nSPS) is 28.0. The predicted octanol–water partition coefficient (Wildman–Crippen LogP) is 3.48. The molecule has 2 aliphatic rings. The number of nitrogens with zero attached hydrogens (tertiary/aromatic N) is 1. The van der Waals surface area contributed by atoms with Crippen molar-refractivity contribution in [2.45, 2.75) is 51.5 Å². The molecule has 4 nitrogen and oxygen atoms in total. The van der Waals surface area contributed by atoms with E-state index < -0.39 is 5.97 Å². The van der Waals surface area contributed by atoms with Gasteiger partial charge in [-0.2, -0.15) is 0 Å². The molecular formula is C17H25NO3. The van der Waals surface area contributed by atoms with Gasteiger partial charge in [0.05, 0.1) is 6.26 Å². The molecule has 0 radical (unpaired) electrons. The third-order valence-electron chi connectivity index (χ3n) is 5.25. The average molecular weight is 291 g/mol. The lowest BCUT2D eigenvalue weighted by molar-refractivity contribution is -0.138. The Bertz CT molecular complexity index is 496. The number of carboxylic acids is 1. The standard InChI is InChI=1S/C17H25NO3/c1-12(10-17(19)20)13-4-3-8-18(11-13)15-5-2-6-16-14(15)7-9-21-16/h7,9,12-13,15H,2-6,8,10-11H2,1H3,(H,19,20). The molecule has 0 bridgehead atoms. The first-order valence-corrected chi connectivity index (χ1v) is 8.17. The van der Waals surface area contributed by atoms with Gasteiger partial charge in [-0.05, 0) is 50.1 Å². The molecule has 1 aliphatic carbocycles.